The zero-order valence-electron chi connectivity index (χ0n) is 19.9. The monoisotopic (exact) mass is 524 g/mol. The molecule has 1 aromatic rings. The number of pyridine rings is 1. The average molecular weight is 525 g/mol. The van der Waals surface area contributed by atoms with Crippen molar-refractivity contribution in [3.05, 3.63) is 23.0 Å². The number of alkyl halides is 3. The Labute approximate surface area is 202 Å². The van der Waals surface area contributed by atoms with Gasteiger partial charge in [0.05, 0.1) is 18.3 Å². The number of halogens is 3. The molecule has 35 heavy (non-hydrogen) atoms. The molecule has 1 saturated carbocycles. The Hall–Kier alpha value is -2.28. The van der Waals surface area contributed by atoms with E-state index in [-0.39, 0.29) is 42.1 Å². The van der Waals surface area contributed by atoms with Crippen molar-refractivity contribution in [3.63, 3.8) is 0 Å². The van der Waals surface area contributed by atoms with Crippen molar-refractivity contribution >= 4 is 15.9 Å². The van der Waals surface area contributed by atoms with Gasteiger partial charge in [0.15, 0.2) is 11.9 Å². The van der Waals surface area contributed by atoms with Crippen molar-refractivity contribution in [1.82, 2.24) is 4.90 Å². The first-order valence-corrected chi connectivity index (χ1v) is 13.4. The molecule has 3 rings (SSSR count). The van der Waals surface area contributed by atoms with Gasteiger partial charge in [-0.25, -0.2) is 13.2 Å². The molecule has 2 fully saturated rings. The molecule has 0 N–H and O–H groups in total. The van der Waals surface area contributed by atoms with Crippen LogP contribution < -0.4 is 9.47 Å². The molecule has 0 radical (unpaired) electrons. The Bertz CT molecular complexity index is 1000. The fourth-order valence-electron chi connectivity index (χ4n) is 4.20. The fourth-order valence-corrected chi connectivity index (χ4v) is 4.96. The van der Waals surface area contributed by atoms with Crippen LogP contribution in [0.25, 0.3) is 0 Å². The van der Waals surface area contributed by atoms with Crippen molar-refractivity contribution in [2.75, 3.05) is 19.3 Å². The van der Waals surface area contributed by atoms with Crippen LogP contribution in [0, 0.1) is 12.1 Å². The number of hydrogen-bond donors (Lipinski definition) is 0. The van der Waals surface area contributed by atoms with Gasteiger partial charge in [-0.1, -0.05) is 0 Å². The molecule has 198 valence electrons. The van der Waals surface area contributed by atoms with Crippen molar-refractivity contribution in [2.24, 2.45) is 0 Å². The summed E-state index contributed by atoms with van der Waals surface area (Å²) in [6.07, 6.45) is -3.08. The van der Waals surface area contributed by atoms with Crippen molar-refractivity contribution in [1.29, 1.82) is 0 Å². The van der Waals surface area contributed by atoms with Crippen molar-refractivity contribution in [2.45, 2.75) is 88.0 Å². The van der Waals surface area contributed by atoms with E-state index in [0.29, 0.717) is 36.2 Å². The van der Waals surface area contributed by atoms with E-state index in [4.69, 9.17) is 9.47 Å². The van der Waals surface area contributed by atoms with Gasteiger partial charge in [0.1, 0.15) is 0 Å². The maximum atomic E-state index is 12.6. The lowest BCUT2D eigenvalue weighted by molar-refractivity contribution is -0.653. The van der Waals surface area contributed by atoms with Crippen LogP contribution in [0.1, 0.15) is 51.1 Å². The zero-order valence-corrected chi connectivity index (χ0v) is 20.7. The van der Waals surface area contributed by atoms with E-state index in [9.17, 15) is 31.6 Å². The highest BCUT2D eigenvalue weighted by molar-refractivity contribution is 7.90. The summed E-state index contributed by atoms with van der Waals surface area (Å²) in [5.74, 6) is 0.343. The molecule has 1 aromatic heterocycles. The summed E-state index contributed by atoms with van der Waals surface area (Å²) >= 11 is 0. The Morgan fingerprint density at radius 2 is 1.63 bits per heavy atom. The largest absolute Gasteiger partial charge is 0.617 e. The molecule has 1 amide bonds. The van der Waals surface area contributed by atoms with Gasteiger partial charge in [-0.15, -0.1) is 0 Å². The lowest BCUT2D eigenvalue weighted by atomic mass is 9.94. The number of ether oxygens (including phenoxy) is 3. The predicted molar refractivity (Wildman–Crippen MR) is 118 cm³/mol. The minimum atomic E-state index is -4.59. The summed E-state index contributed by atoms with van der Waals surface area (Å²) in [7, 11) is -3.64. The summed E-state index contributed by atoms with van der Waals surface area (Å²) in [5.41, 5.74) is 0.182. The number of amides is 1. The molecular weight excluding hydrogens is 493 g/mol. The van der Waals surface area contributed by atoms with Crippen LogP contribution in [0.2, 0.25) is 0 Å². The molecule has 13 heteroatoms. The van der Waals surface area contributed by atoms with Gasteiger partial charge in [0.2, 0.25) is 15.5 Å². The Kier molecular flexibility index (Phi) is 8.40. The van der Waals surface area contributed by atoms with Crippen LogP contribution in [-0.4, -0.2) is 69.3 Å². The van der Waals surface area contributed by atoms with Crippen LogP contribution in [-0.2, 0) is 19.3 Å². The van der Waals surface area contributed by atoms with Gasteiger partial charge in [0.25, 0.3) is 0 Å². The minimum absolute atomic E-state index is 0.00162. The maximum absolute atomic E-state index is 12.6. The first-order chi connectivity index (χ1) is 16.3. The van der Waals surface area contributed by atoms with Gasteiger partial charge in [0, 0.05) is 32.3 Å². The molecule has 2 heterocycles. The van der Waals surface area contributed by atoms with Crippen LogP contribution in [0.3, 0.4) is 0 Å². The molecular formula is C22H31F3N2O7S. The maximum Gasteiger partial charge on any atom is 0.425 e. The number of nitrogens with zero attached hydrogens (tertiary/aromatic N) is 2. The number of hydrogen-bond acceptors (Lipinski definition) is 7. The third kappa shape index (κ3) is 7.12. The molecule has 1 saturated heterocycles. The quantitative estimate of drug-likeness (QED) is 0.415. The molecule has 0 aromatic carbocycles. The van der Waals surface area contributed by atoms with Gasteiger partial charge in [-0.2, -0.15) is 17.9 Å². The van der Waals surface area contributed by atoms with Crippen LogP contribution in [0.4, 0.5) is 18.0 Å². The third-order valence-electron chi connectivity index (χ3n) is 6.36. The highest BCUT2D eigenvalue weighted by Crippen LogP contribution is 2.29. The van der Waals surface area contributed by atoms with Gasteiger partial charge in [-0.05, 0) is 51.5 Å². The lowest BCUT2D eigenvalue weighted by Crippen LogP contribution is -2.44. The van der Waals surface area contributed by atoms with E-state index in [0.717, 1.165) is 26.0 Å². The van der Waals surface area contributed by atoms with Crippen LogP contribution >= 0.6 is 0 Å². The van der Waals surface area contributed by atoms with E-state index in [1.54, 1.807) is 0 Å². The van der Waals surface area contributed by atoms with Gasteiger partial charge >= 0.3 is 17.3 Å². The number of aromatic nitrogens is 1. The van der Waals surface area contributed by atoms with Crippen molar-refractivity contribution < 1.29 is 45.3 Å². The third-order valence-corrected chi connectivity index (χ3v) is 7.42. The van der Waals surface area contributed by atoms with E-state index in [1.165, 1.54) is 24.0 Å². The SMILES string of the molecule is Cc1c(O[C@H]2CC[C@H](OC3CCN(C(=O)O[C@H](C)C(F)(F)F)CC3)CC2)ccc(S(C)(=O)=O)[n+]1[O-]. The highest BCUT2D eigenvalue weighted by Gasteiger charge is 2.40. The second kappa shape index (κ2) is 10.8. The molecule has 1 atom stereocenters. The Morgan fingerprint density at radius 1 is 1.09 bits per heavy atom. The highest BCUT2D eigenvalue weighted by atomic mass is 32.2. The van der Waals surface area contributed by atoms with E-state index in [1.807, 2.05) is 0 Å². The Balaban J connectivity index is 1.42. The molecule has 0 bridgehead atoms. The number of carbonyl (C=O) groups excluding carboxylic acids is 1. The van der Waals surface area contributed by atoms with Gasteiger partial charge in [-0.3, -0.25) is 0 Å². The van der Waals surface area contributed by atoms with E-state index in [2.05, 4.69) is 4.74 Å². The molecule has 0 spiro atoms. The van der Waals surface area contributed by atoms with Crippen LogP contribution in [0.15, 0.2) is 17.2 Å². The zero-order chi connectivity index (χ0) is 26.0. The molecule has 9 nitrogen and oxygen atoms in total. The first kappa shape index (κ1) is 27.3. The lowest BCUT2D eigenvalue weighted by Gasteiger charge is -2.36. The van der Waals surface area contributed by atoms with E-state index < -0.39 is 28.2 Å². The second-order valence-corrected chi connectivity index (χ2v) is 11.1. The predicted octanol–water partition coefficient (Wildman–Crippen LogP) is 3.29. The molecule has 0 unspecified atom stereocenters. The smallest absolute Gasteiger partial charge is 0.425 e. The fraction of sp³-hybridized carbons (Fsp3) is 0.727. The van der Waals surface area contributed by atoms with Gasteiger partial charge < -0.3 is 24.3 Å². The second-order valence-electron chi connectivity index (χ2n) is 9.09. The van der Waals surface area contributed by atoms with Crippen molar-refractivity contribution in [3.8, 4) is 5.75 Å². The molecule has 1 aliphatic carbocycles. The summed E-state index contributed by atoms with van der Waals surface area (Å²) in [5, 5.41) is 11.9. The first-order valence-electron chi connectivity index (χ1n) is 11.5. The Morgan fingerprint density at radius 3 is 2.17 bits per heavy atom. The number of rotatable bonds is 6. The average Bonchev–Trinajstić information content (AvgIpc) is 2.77. The standard InChI is InChI=1S/C22H31F3N2O7S/c1-14-19(8-9-20(27(14)29)35(3,30)31)34-17-6-4-16(5-7-17)33-18-10-12-26(13-11-18)21(28)32-15(2)22(23,24)25/h8-9,15-18H,4-7,10-13H2,1-3H3/t15-,16-,17-/m1/s1. The molecule has 2 aliphatic rings. The normalized spacial score (nSPS) is 23.1. The summed E-state index contributed by atoms with van der Waals surface area (Å²) in [4.78, 5) is 13.2. The van der Waals surface area contributed by atoms with Crippen LogP contribution in [0.5, 0.6) is 5.75 Å². The number of likely N-dealkylation sites (tertiary alicyclic amines) is 1. The number of carbonyl (C=O) groups is 1. The summed E-state index contributed by atoms with van der Waals surface area (Å²) in [6.45, 7) is 2.85. The van der Waals surface area contributed by atoms with E-state index >= 15 is 0 Å². The number of piperidine rings is 1. The summed E-state index contributed by atoms with van der Waals surface area (Å²) < 4.78 is 78.1. The topological polar surface area (TPSA) is 109 Å². The number of sulfone groups is 1. The molecule has 1 aliphatic heterocycles. The minimum Gasteiger partial charge on any atom is -0.617 e. The summed E-state index contributed by atoms with van der Waals surface area (Å²) in [6, 6.07) is 2.74.